The topological polar surface area (TPSA) is 126 Å². The third-order valence-corrected chi connectivity index (χ3v) is 5.79. The molecule has 0 bridgehead atoms. The second kappa shape index (κ2) is 12.7. The summed E-state index contributed by atoms with van der Waals surface area (Å²) in [6, 6.07) is 11.0. The number of nitrogens with one attached hydrogen (secondary N) is 2. The van der Waals surface area contributed by atoms with Crippen molar-refractivity contribution < 1.29 is 23.9 Å². The lowest BCUT2D eigenvalue weighted by Gasteiger charge is -2.21. The number of aliphatic carboxylic acids is 1. The summed E-state index contributed by atoms with van der Waals surface area (Å²) in [6.07, 6.45) is 5.94. The van der Waals surface area contributed by atoms with Gasteiger partial charge in [0.1, 0.15) is 11.5 Å². The number of oxime groups is 1. The van der Waals surface area contributed by atoms with E-state index in [1.54, 1.807) is 30.3 Å². The molecule has 1 amide bonds. The number of amides is 1. The van der Waals surface area contributed by atoms with E-state index in [-0.39, 0.29) is 31.4 Å². The van der Waals surface area contributed by atoms with Gasteiger partial charge in [-0.3, -0.25) is 9.59 Å². The zero-order chi connectivity index (χ0) is 24.3. The van der Waals surface area contributed by atoms with Crippen LogP contribution >= 0.6 is 0 Å². The van der Waals surface area contributed by atoms with Crippen LogP contribution in [0, 0.1) is 11.7 Å². The highest BCUT2D eigenvalue weighted by Crippen LogP contribution is 2.22. The van der Waals surface area contributed by atoms with Crippen molar-refractivity contribution in [3.8, 4) is 0 Å². The molecule has 0 atom stereocenters. The van der Waals surface area contributed by atoms with Gasteiger partial charge in [-0.1, -0.05) is 30.5 Å². The van der Waals surface area contributed by atoms with Crippen LogP contribution < -0.4 is 16.4 Å². The highest BCUT2D eigenvalue weighted by atomic mass is 19.1. The van der Waals surface area contributed by atoms with Crippen molar-refractivity contribution in [1.29, 1.82) is 0 Å². The summed E-state index contributed by atoms with van der Waals surface area (Å²) < 4.78 is 13.5. The van der Waals surface area contributed by atoms with Gasteiger partial charge in [-0.2, -0.15) is 0 Å². The molecule has 1 aliphatic rings. The van der Waals surface area contributed by atoms with Crippen LogP contribution in [0.25, 0.3) is 0 Å². The van der Waals surface area contributed by atoms with Crippen LogP contribution in [-0.4, -0.2) is 42.4 Å². The van der Waals surface area contributed by atoms with Crippen LogP contribution in [0.5, 0.6) is 0 Å². The number of hydrogen-bond donors (Lipinski definition) is 4. The van der Waals surface area contributed by atoms with E-state index in [0.717, 1.165) is 12.8 Å². The van der Waals surface area contributed by atoms with Crippen LogP contribution in [-0.2, 0) is 21.0 Å². The fourth-order valence-electron chi connectivity index (χ4n) is 3.95. The molecule has 0 radical (unpaired) electrons. The predicted octanol–water partition coefficient (Wildman–Crippen LogP) is 3.05. The van der Waals surface area contributed by atoms with E-state index in [4.69, 9.17) is 15.7 Å². The zero-order valence-electron chi connectivity index (χ0n) is 19.1. The standard InChI is InChI=1S/C25H31FN4O4/c26-21-9-6-18(7-10-21)25(19-8-11-22(27)20(12-19)14-28-15-24(32)33)30-34-16-23(31)29-13-17-4-2-1-3-5-17/h6-12,17,28H,1-5,13-16,27H2,(H,29,31)(H,32,33)/b30-25+. The molecule has 0 saturated heterocycles. The zero-order valence-corrected chi connectivity index (χ0v) is 19.1. The number of carbonyl (C=O) groups excluding carboxylic acids is 1. The summed E-state index contributed by atoms with van der Waals surface area (Å²) in [5.74, 6) is -1.09. The Morgan fingerprint density at radius 3 is 2.50 bits per heavy atom. The Bertz CT molecular complexity index is 1000. The average molecular weight is 471 g/mol. The fourth-order valence-corrected chi connectivity index (χ4v) is 3.95. The van der Waals surface area contributed by atoms with E-state index in [1.807, 2.05) is 0 Å². The lowest BCUT2D eigenvalue weighted by Crippen LogP contribution is -2.32. The molecule has 2 aromatic rings. The van der Waals surface area contributed by atoms with E-state index in [0.29, 0.717) is 40.6 Å². The lowest BCUT2D eigenvalue weighted by molar-refractivity contribution is -0.136. The normalized spacial score (nSPS) is 14.6. The molecule has 34 heavy (non-hydrogen) atoms. The quantitative estimate of drug-likeness (QED) is 0.227. The molecule has 1 saturated carbocycles. The van der Waals surface area contributed by atoms with Crippen molar-refractivity contribution >= 4 is 23.3 Å². The van der Waals surface area contributed by atoms with Gasteiger partial charge >= 0.3 is 5.97 Å². The number of nitrogens with two attached hydrogens (primary N) is 1. The molecular formula is C25H31FN4O4. The van der Waals surface area contributed by atoms with Crippen molar-refractivity contribution in [3.05, 3.63) is 65.0 Å². The molecule has 0 spiro atoms. The van der Waals surface area contributed by atoms with Gasteiger partial charge in [-0.05, 0) is 60.7 Å². The fraction of sp³-hybridized carbons (Fsp3) is 0.400. The van der Waals surface area contributed by atoms with Crippen LogP contribution in [0.15, 0.2) is 47.6 Å². The van der Waals surface area contributed by atoms with Crippen molar-refractivity contribution in [1.82, 2.24) is 10.6 Å². The van der Waals surface area contributed by atoms with Crippen LogP contribution in [0.1, 0.15) is 48.8 Å². The van der Waals surface area contributed by atoms with E-state index >= 15 is 0 Å². The Labute approximate surface area is 198 Å². The Morgan fingerprint density at radius 2 is 1.79 bits per heavy atom. The molecule has 0 aromatic heterocycles. The second-order valence-electron chi connectivity index (χ2n) is 8.44. The Balaban J connectivity index is 1.71. The summed E-state index contributed by atoms with van der Waals surface area (Å²) in [4.78, 5) is 28.4. The summed E-state index contributed by atoms with van der Waals surface area (Å²) in [6.45, 7) is 0.440. The molecule has 9 heteroatoms. The Hall–Kier alpha value is -3.46. The smallest absolute Gasteiger partial charge is 0.317 e. The van der Waals surface area contributed by atoms with Gasteiger partial charge in [-0.15, -0.1) is 0 Å². The lowest BCUT2D eigenvalue weighted by atomic mass is 9.89. The molecule has 1 aliphatic carbocycles. The first-order valence-electron chi connectivity index (χ1n) is 11.5. The molecule has 3 rings (SSSR count). The third kappa shape index (κ3) is 7.84. The number of hydrogen-bond acceptors (Lipinski definition) is 6. The molecule has 182 valence electrons. The first kappa shape index (κ1) is 25.2. The van der Waals surface area contributed by atoms with E-state index in [2.05, 4.69) is 15.8 Å². The van der Waals surface area contributed by atoms with Crippen LogP contribution in [0.2, 0.25) is 0 Å². The summed E-state index contributed by atoms with van der Waals surface area (Å²) in [7, 11) is 0. The Morgan fingerprint density at radius 1 is 1.09 bits per heavy atom. The van der Waals surface area contributed by atoms with Gasteiger partial charge in [0, 0.05) is 29.9 Å². The predicted molar refractivity (Wildman–Crippen MR) is 128 cm³/mol. The Kier molecular flexibility index (Phi) is 9.40. The van der Waals surface area contributed by atoms with E-state index in [9.17, 15) is 14.0 Å². The summed E-state index contributed by atoms with van der Waals surface area (Å²) in [5, 5.41) is 18.7. The molecule has 8 nitrogen and oxygen atoms in total. The van der Waals surface area contributed by atoms with Crippen LogP contribution in [0.4, 0.5) is 10.1 Å². The molecule has 2 aromatic carbocycles. The largest absolute Gasteiger partial charge is 0.480 e. The molecule has 0 unspecified atom stereocenters. The third-order valence-electron chi connectivity index (χ3n) is 5.79. The number of nitrogen functional groups attached to an aromatic ring is 1. The van der Waals surface area contributed by atoms with Gasteiger partial charge in [-0.25, -0.2) is 4.39 Å². The average Bonchev–Trinajstić information content (AvgIpc) is 2.83. The first-order valence-corrected chi connectivity index (χ1v) is 11.5. The van der Waals surface area contributed by atoms with Gasteiger partial charge in [0.2, 0.25) is 0 Å². The monoisotopic (exact) mass is 470 g/mol. The van der Waals surface area contributed by atoms with Crippen molar-refractivity contribution in [2.45, 2.75) is 38.6 Å². The first-order chi connectivity index (χ1) is 16.4. The number of carboxylic acid groups (broad SMARTS) is 1. The maximum Gasteiger partial charge on any atom is 0.317 e. The summed E-state index contributed by atoms with van der Waals surface area (Å²) >= 11 is 0. The molecule has 0 heterocycles. The summed E-state index contributed by atoms with van der Waals surface area (Å²) in [5.41, 5.74) is 8.84. The SMILES string of the molecule is Nc1ccc(/C(=N/OCC(=O)NCC2CCCCC2)c2ccc(F)cc2)cc1CNCC(=O)O. The van der Waals surface area contributed by atoms with E-state index < -0.39 is 5.97 Å². The minimum Gasteiger partial charge on any atom is -0.480 e. The number of benzene rings is 2. The number of carboxylic acids is 1. The van der Waals surface area contributed by atoms with Crippen LogP contribution in [0.3, 0.4) is 0 Å². The molecule has 0 aliphatic heterocycles. The van der Waals surface area contributed by atoms with Gasteiger partial charge < -0.3 is 26.3 Å². The minimum absolute atomic E-state index is 0.207. The highest BCUT2D eigenvalue weighted by molar-refractivity contribution is 6.12. The minimum atomic E-state index is -0.974. The number of carbonyl (C=O) groups is 2. The molecular weight excluding hydrogens is 439 g/mol. The van der Waals surface area contributed by atoms with Crippen molar-refractivity contribution in [2.75, 3.05) is 25.4 Å². The second-order valence-corrected chi connectivity index (χ2v) is 8.44. The number of rotatable bonds is 11. The van der Waals surface area contributed by atoms with Crippen molar-refractivity contribution in [2.24, 2.45) is 11.1 Å². The van der Waals surface area contributed by atoms with E-state index in [1.165, 1.54) is 31.4 Å². The van der Waals surface area contributed by atoms with Crippen molar-refractivity contribution in [3.63, 3.8) is 0 Å². The van der Waals surface area contributed by atoms with Gasteiger partial charge in [0.15, 0.2) is 6.61 Å². The highest BCUT2D eigenvalue weighted by Gasteiger charge is 2.15. The number of nitrogens with zero attached hydrogens (tertiary/aromatic N) is 1. The molecule has 1 fully saturated rings. The van der Waals surface area contributed by atoms with Gasteiger partial charge in [0.25, 0.3) is 5.91 Å². The number of anilines is 1. The maximum atomic E-state index is 13.5. The van der Waals surface area contributed by atoms with Gasteiger partial charge in [0.05, 0.1) is 6.54 Å². The number of halogens is 1. The molecule has 5 N–H and O–H groups in total. The maximum absolute atomic E-state index is 13.5.